The first-order valence-corrected chi connectivity index (χ1v) is 9.64. The first kappa shape index (κ1) is 16.5. The lowest BCUT2D eigenvalue weighted by Crippen LogP contribution is -2.44. The normalized spacial score (nSPS) is 15.9. The molecule has 1 fully saturated rings. The topological polar surface area (TPSA) is 61.7 Å². The van der Waals surface area contributed by atoms with Crippen molar-refractivity contribution in [1.29, 1.82) is 0 Å². The summed E-state index contributed by atoms with van der Waals surface area (Å²) in [6.07, 6.45) is 2.87. The molecule has 0 atom stereocenters. The monoisotopic (exact) mass is 361 g/mol. The zero-order chi connectivity index (χ0) is 18.2. The summed E-state index contributed by atoms with van der Waals surface area (Å²) in [5, 5.41) is 8.36. The summed E-state index contributed by atoms with van der Waals surface area (Å²) in [7, 11) is 0. The molecular weight excluding hydrogens is 338 g/mol. The molecule has 0 bridgehead atoms. The lowest BCUT2D eigenvalue weighted by molar-refractivity contribution is 0.240. The van der Waals surface area contributed by atoms with Gasteiger partial charge in [-0.2, -0.15) is 0 Å². The van der Waals surface area contributed by atoms with Gasteiger partial charge in [-0.15, -0.1) is 0 Å². The van der Waals surface area contributed by atoms with E-state index in [1.165, 1.54) is 0 Å². The Kier molecular flexibility index (Phi) is 4.14. The average molecular weight is 361 g/mol. The number of pyridine rings is 1. The van der Waals surface area contributed by atoms with Gasteiger partial charge < -0.3 is 15.5 Å². The molecule has 2 N–H and O–H groups in total. The van der Waals surface area contributed by atoms with Gasteiger partial charge in [-0.3, -0.25) is 9.20 Å². The second-order valence-electron chi connectivity index (χ2n) is 7.19. The van der Waals surface area contributed by atoms with Crippen LogP contribution in [0.2, 0.25) is 0 Å². The van der Waals surface area contributed by atoms with E-state index in [-0.39, 0.29) is 5.43 Å². The third-order valence-electron chi connectivity index (χ3n) is 5.52. The molecule has 4 aromatic rings. The molecule has 0 radical (unpaired) electrons. The molecule has 6 heteroatoms. The average Bonchev–Trinajstić information content (AvgIpc) is 3.15. The summed E-state index contributed by atoms with van der Waals surface area (Å²) in [5.41, 5.74) is 3.66. The molecule has 27 heavy (non-hydrogen) atoms. The Morgan fingerprint density at radius 2 is 1.96 bits per heavy atom. The smallest absolute Gasteiger partial charge is 0.199 e. The maximum atomic E-state index is 13.2. The van der Waals surface area contributed by atoms with Gasteiger partial charge in [0.25, 0.3) is 0 Å². The fraction of sp³-hybridized carbons (Fsp3) is 0.333. The summed E-state index contributed by atoms with van der Waals surface area (Å²) in [5.74, 6) is 0. The third-order valence-corrected chi connectivity index (χ3v) is 5.52. The predicted molar refractivity (Wildman–Crippen MR) is 110 cm³/mol. The molecule has 2 aromatic carbocycles. The Hall–Kier alpha value is -2.70. The Labute approximate surface area is 157 Å². The number of rotatable bonds is 5. The Bertz CT molecular complexity index is 1150. The maximum absolute atomic E-state index is 13.2. The third kappa shape index (κ3) is 2.81. The largest absolute Gasteiger partial charge is 0.384 e. The van der Waals surface area contributed by atoms with E-state index >= 15 is 0 Å². The maximum Gasteiger partial charge on any atom is 0.199 e. The minimum absolute atomic E-state index is 0.0776. The van der Waals surface area contributed by atoms with E-state index in [2.05, 4.69) is 20.5 Å². The number of hydrogen-bond acceptors (Lipinski definition) is 5. The van der Waals surface area contributed by atoms with Gasteiger partial charge in [0.15, 0.2) is 5.43 Å². The van der Waals surface area contributed by atoms with Crippen molar-refractivity contribution >= 4 is 33.0 Å². The van der Waals surface area contributed by atoms with Gasteiger partial charge in [-0.1, -0.05) is 12.1 Å². The Balaban J connectivity index is 1.47. The minimum atomic E-state index is 0.0776. The molecule has 0 spiro atoms. The van der Waals surface area contributed by atoms with Crippen molar-refractivity contribution in [3.8, 4) is 0 Å². The molecule has 3 heterocycles. The van der Waals surface area contributed by atoms with E-state index in [1.54, 1.807) is 0 Å². The van der Waals surface area contributed by atoms with E-state index in [0.717, 1.165) is 78.7 Å². The molecule has 1 aliphatic heterocycles. The van der Waals surface area contributed by atoms with Crippen molar-refractivity contribution in [3.63, 3.8) is 0 Å². The summed E-state index contributed by atoms with van der Waals surface area (Å²) in [4.78, 5) is 20.2. The van der Waals surface area contributed by atoms with E-state index in [0.29, 0.717) is 0 Å². The molecule has 0 saturated carbocycles. The second-order valence-corrected chi connectivity index (χ2v) is 7.19. The van der Waals surface area contributed by atoms with E-state index in [9.17, 15) is 4.79 Å². The summed E-state index contributed by atoms with van der Waals surface area (Å²) >= 11 is 0. The van der Waals surface area contributed by atoms with Gasteiger partial charge in [-0.25, -0.2) is 4.98 Å². The quantitative estimate of drug-likeness (QED) is 0.421. The van der Waals surface area contributed by atoms with Crippen LogP contribution in [0.3, 0.4) is 0 Å². The molecule has 5 rings (SSSR count). The van der Waals surface area contributed by atoms with Gasteiger partial charge in [0.1, 0.15) is 6.33 Å². The van der Waals surface area contributed by atoms with Gasteiger partial charge in [0.2, 0.25) is 0 Å². The lowest BCUT2D eigenvalue weighted by Gasteiger charge is -2.27. The lowest BCUT2D eigenvalue weighted by atomic mass is 10.1. The number of benzene rings is 2. The SMILES string of the molecule is O=c1c2ccccc2n2cnc3ccc(NCCCN4CCNCC4)c1c32. The predicted octanol–water partition coefficient (Wildman–Crippen LogP) is 2.15. The molecule has 0 aliphatic carbocycles. The first-order valence-electron chi connectivity index (χ1n) is 9.64. The Morgan fingerprint density at radius 1 is 1.11 bits per heavy atom. The van der Waals surface area contributed by atoms with Crippen LogP contribution in [0.4, 0.5) is 5.69 Å². The van der Waals surface area contributed by atoms with E-state index in [4.69, 9.17) is 0 Å². The van der Waals surface area contributed by atoms with Gasteiger partial charge in [0.05, 0.1) is 21.9 Å². The van der Waals surface area contributed by atoms with Gasteiger partial charge >= 0.3 is 0 Å². The van der Waals surface area contributed by atoms with Crippen molar-refractivity contribution in [1.82, 2.24) is 19.6 Å². The highest BCUT2D eigenvalue weighted by atomic mass is 16.1. The summed E-state index contributed by atoms with van der Waals surface area (Å²) in [6, 6.07) is 11.7. The van der Waals surface area contributed by atoms with Crippen LogP contribution in [-0.2, 0) is 0 Å². The van der Waals surface area contributed by atoms with E-state index in [1.807, 2.05) is 47.1 Å². The van der Waals surface area contributed by atoms with Gasteiger partial charge in [-0.05, 0) is 37.2 Å². The van der Waals surface area contributed by atoms with Crippen molar-refractivity contribution in [2.45, 2.75) is 6.42 Å². The molecule has 0 unspecified atom stereocenters. The van der Waals surface area contributed by atoms with Crippen LogP contribution < -0.4 is 16.1 Å². The molecular formula is C21H23N5O. The van der Waals surface area contributed by atoms with Crippen molar-refractivity contribution < 1.29 is 0 Å². The number of para-hydroxylation sites is 1. The zero-order valence-electron chi connectivity index (χ0n) is 15.2. The van der Waals surface area contributed by atoms with Crippen LogP contribution in [0.5, 0.6) is 0 Å². The second kappa shape index (κ2) is 6.79. The minimum Gasteiger partial charge on any atom is -0.384 e. The molecule has 1 saturated heterocycles. The fourth-order valence-electron chi connectivity index (χ4n) is 4.14. The van der Waals surface area contributed by atoms with Crippen LogP contribution in [0.1, 0.15) is 6.42 Å². The fourth-order valence-corrected chi connectivity index (χ4v) is 4.14. The number of hydrogen-bond donors (Lipinski definition) is 2. The van der Waals surface area contributed by atoms with Crippen LogP contribution in [0, 0.1) is 0 Å². The highest BCUT2D eigenvalue weighted by Crippen LogP contribution is 2.28. The van der Waals surface area contributed by atoms with E-state index < -0.39 is 0 Å². The summed E-state index contributed by atoms with van der Waals surface area (Å²) < 4.78 is 2.04. The van der Waals surface area contributed by atoms with Crippen molar-refractivity contribution in [3.05, 3.63) is 52.9 Å². The molecule has 2 aromatic heterocycles. The highest BCUT2D eigenvalue weighted by molar-refractivity contribution is 6.06. The van der Waals surface area contributed by atoms with Crippen LogP contribution in [0.15, 0.2) is 47.5 Å². The number of nitrogens with one attached hydrogen (secondary N) is 2. The molecule has 0 amide bonds. The number of fused-ring (bicyclic) bond motifs is 2. The van der Waals surface area contributed by atoms with Crippen LogP contribution in [0.25, 0.3) is 27.3 Å². The van der Waals surface area contributed by atoms with Crippen molar-refractivity contribution in [2.75, 3.05) is 44.6 Å². The first-order chi connectivity index (χ1) is 13.3. The number of aromatic nitrogens is 2. The number of piperazine rings is 1. The van der Waals surface area contributed by atoms with Crippen LogP contribution in [-0.4, -0.2) is 53.6 Å². The summed E-state index contributed by atoms with van der Waals surface area (Å²) in [6.45, 7) is 6.32. The highest BCUT2D eigenvalue weighted by Gasteiger charge is 2.16. The number of anilines is 1. The molecule has 1 aliphatic rings. The van der Waals surface area contributed by atoms with Crippen LogP contribution >= 0.6 is 0 Å². The number of imidazole rings is 1. The number of nitrogens with zero attached hydrogens (tertiary/aromatic N) is 3. The van der Waals surface area contributed by atoms with Crippen molar-refractivity contribution in [2.24, 2.45) is 0 Å². The standard InChI is InChI=1S/C21H23N5O/c27-21-15-4-1-2-5-18(15)26-14-24-17-7-6-16(19(21)20(17)26)23-8-3-11-25-12-9-22-10-13-25/h1-2,4-7,14,22-23H,3,8-13H2. The zero-order valence-corrected chi connectivity index (χ0v) is 15.2. The molecule has 138 valence electrons. The Morgan fingerprint density at radius 3 is 2.85 bits per heavy atom. The van der Waals surface area contributed by atoms with Gasteiger partial charge in [0, 0.05) is 43.8 Å². The molecule has 6 nitrogen and oxygen atoms in total.